The fraction of sp³-hybridized carbons (Fsp3) is 0.750. The SMILES string of the molecule is O=C(NCC1CC(NC(=O)C23CC4CC2C3C4)C1)C1Cc2nccn2C1. The van der Waals surface area contributed by atoms with E-state index in [1.54, 1.807) is 6.20 Å². The minimum absolute atomic E-state index is 0.0223. The third-order valence-corrected chi connectivity index (χ3v) is 8.08. The molecule has 0 radical (unpaired) electrons. The highest BCUT2D eigenvalue weighted by Crippen LogP contribution is 2.79. The molecular formula is C20H26N4O2. The Kier molecular flexibility index (Phi) is 2.99. The average molecular weight is 354 g/mol. The summed E-state index contributed by atoms with van der Waals surface area (Å²) in [6.45, 7) is 1.48. The molecule has 138 valence electrons. The number of carbonyl (C=O) groups is 2. The first-order valence-corrected chi connectivity index (χ1v) is 10.2. The van der Waals surface area contributed by atoms with Crippen LogP contribution in [-0.4, -0.2) is 34.0 Å². The third-order valence-electron chi connectivity index (χ3n) is 8.08. The maximum atomic E-state index is 12.7. The van der Waals surface area contributed by atoms with Crippen LogP contribution in [0.25, 0.3) is 0 Å². The summed E-state index contributed by atoms with van der Waals surface area (Å²) in [5.74, 6) is 4.30. The normalized spacial score (nSPS) is 43.7. The van der Waals surface area contributed by atoms with Crippen LogP contribution in [-0.2, 0) is 22.6 Å². The van der Waals surface area contributed by atoms with Gasteiger partial charge in [-0.05, 0) is 55.8 Å². The van der Waals surface area contributed by atoms with Crippen molar-refractivity contribution >= 4 is 11.8 Å². The van der Waals surface area contributed by atoms with Crippen molar-refractivity contribution in [2.45, 2.75) is 51.1 Å². The predicted octanol–water partition coefficient (Wildman–Crippen LogP) is 1.11. The molecule has 7 rings (SSSR count). The lowest BCUT2D eigenvalue weighted by atomic mass is 9.79. The molecule has 2 N–H and O–H groups in total. The van der Waals surface area contributed by atoms with Crippen LogP contribution in [0.3, 0.4) is 0 Å². The van der Waals surface area contributed by atoms with Crippen LogP contribution in [0.1, 0.15) is 37.9 Å². The summed E-state index contributed by atoms with van der Waals surface area (Å²) in [7, 11) is 0. The number of rotatable bonds is 5. The van der Waals surface area contributed by atoms with E-state index < -0.39 is 0 Å². The van der Waals surface area contributed by atoms with Crippen LogP contribution in [0.5, 0.6) is 0 Å². The Balaban J connectivity index is 0.939. The first kappa shape index (κ1) is 15.2. The number of hydrogen-bond donors (Lipinski definition) is 2. The summed E-state index contributed by atoms with van der Waals surface area (Å²) in [6, 6.07) is 0.328. The van der Waals surface area contributed by atoms with Crippen molar-refractivity contribution in [2.75, 3.05) is 6.54 Å². The van der Waals surface area contributed by atoms with Crippen LogP contribution in [0.2, 0.25) is 0 Å². The molecule has 3 unspecified atom stereocenters. The van der Waals surface area contributed by atoms with E-state index in [4.69, 9.17) is 0 Å². The van der Waals surface area contributed by atoms with E-state index in [2.05, 4.69) is 20.2 Å². The Morgan fingerprint density at radius 2 is 2.04 bits per heavy atom. The maximum absolute atomic E-state index is 12.7. The molecule has 0 spiro atoms. The van der Waals surface area contributed by atoms with Crippen molar-refractivity contribution in [3.8, 4) is 0 Å². The second-order valence-corrected chi connectivity index (χ2v) is 9.44. The van der Waals surface area contributed by atoms with Crippen molar-refractivity contribution in [1.29, 1.82) is 0 Å². The Morgan fingerprint density at radius 1 is 1.23 bits per heavy atom. The maximum Gasteiger partial charge on any atom is 0.227 e. The number of carbonyl (C=O) groups excluding carboxylic acids is 2. The molecule has 5 aliphatic carbocycles. The zero-order valence-corrected chi connectivity index (χ0v) is 15.0. The molecule has 3 atom stereocenters. The highest BCUT2D eigenvalue weighted by molar-refractivity contribution is 5.88. The van der Waals surface area contributed by atoms with Crippen molar-refractivity contribution in [1.82, 2.24) is 20.2 Å². The molecule has 1 aromatic rings. The number of nitrogens with zero attached hydrogens (tertiary/aromatic N) is 2. The number of hydrogen-bond acceptors (Lipinski definition) is 3. The summed E-state index contributed by atoms with van der Waals surface area (Å²) in [6.07, 6.45) is 10.3. The van der Waals surface area contributed by atoms with Gasteiger partial charge in [-0.2, -0.15) is 0 Å². The number of imidazole rings is 1. The average Bonchev–Trinajstić information content (AvgIpc) is 3.23. The largest absolute Gasteiger partial charge is 0.356 e. The lowest BCUT2D eigenvalue weighted by Gasteiger charge is -2.37. The van der Waals surface area contributed by atoms with E-state index in [-0.39, 0.29) is 17.2 Å². The molecular weight excluding hydrogens is 328 g/mol. The van der Waals surface area contributed by atoms with Gasteiger partial charge in [-0.3, -0.25) is 9.59 Å². The molecule has 5 saturated carbocycles. The van der Waals surface area contributed by atoms with Gasteiger partial charge in [0.15, 0.2) is 0 Å². The van der Waals surface area contributed by atoms with Gasteiger partial charge < -0.3 is 15.2 Å². The summed E-state index contributed by atoms with van der Waals surface area (Å²) >= 11 is 0. The lowest BCUT2D eigenvalue weighted by Crippen LogP contribution is -2.50. The molecule has 2 heterocycles. The Morgan fingerprint density at radius 3 is 2.73 bits per heavy atom. The van der Waals surface area contributed by atoms with Gasteiger partial charge in [-0.1, -0.05) is 0 Å². The molecule has 6 aliphatic rings. The summed E-state index contributed by atoms with van der Waals surface area (Å²) < 4.78 is 2.07. The quantitative estimate of drug-likeness (QED) is 0.832. The Hall–Kier alpha value is -1.85. The molecule has 1 aromatic heterocycles. The second kappa shape index (κ2) is 5.11. The van der Waals surface area contributed by atoms with Gasteiger partial charge in [0, 0.05) is 37.9 Å². The number of fused-ring (bicyclic) bond motifs is 1. The van der Waals surface area contributed by atoms with Gasteiger partial charge in [-0.25, -0.2) is 4.98 Å². The topological polar surface area (TPSA) is 76.0 Å². The van der Waals surface area contributed by atoms with E-state index in [1.165, 1.54) is 12.8 Å². The van der Waals surface area contributed by atoms with Crippen LogP contribution in [0.4, 0.5) is 0 Å². The summed E-state index contributed by atoms with van der Waals surface area (Å²) in [4.78, 5) is 29.3. The van der Waals surface area contributed by atoms with Crippen LogP contribution >= 0.6 is 0 Å². The van der Waals surface area contributed by atoms with Gasteiger partial charge in [0.05, 0.1) is 11.3 Å². The van der Waals surface area contributed by atoms with Crippen LogP contribution in [0.15, 0.2) is 12.4 Å². The Labute approximate surface area is 153 Å². The van der Waals surface area contributed by atoms with E-state index in [0.29, 0.717) is 29.7 Å². The molecule has 1 aliphatic heterocycles. The fourth-order valence-corrected chi connectivity index (χ4v) is 6.67. The van der Waals surface area contributed by atoms with Gasteiger partial charge in [0.2, 0.25) is 11.8 Å². The minimum Gasteiger partial charge on any atom is -0.356 e. The molecule has 0 saturated heterocycles. The number of nitrogens with one attached hydrogen (secondary N) is 2. The van der Waals surface area contributed by atoms with E-state index in [0.717, 1.165) is 50.5 Å². The lowest BCUT2D eigenvalue weighted by molar-refractivity contribution is -0.129. The number of amides is 2. The molecule has 0 aromatic carbocycles. The van der Waals surface area contributed by atoms with E-state index in [9.17, 15) is 9.59 Å². The molecule has 6 heteroatoms. The van der Waals surface area contributed by atoms with Gasteiger partial charge >= 0.3 is 0 Å². The van der Waals surface area contributed by atoms with Crippen molar-refractivity contribution in [3.05, 3.63) is 18.2 Å². The van der Waals surface area contributed by atoms with Gasteiger partial charge in [0.25, 0.3) is 0 Å². The molecule has 6 nitrogen and oxygen atoms in total. The molecule has 2 amide bonds. The Bertz CT molecular complexity index is 748. The van der Waals surface area contributed by atoms with Crippen molar-refractivity contribution in [3.63, 3.8) is 0 Å². The zero-order valence-electron chi connectivity index (χ0n) is 15.0. The predicted molar refractivity (Wildman–Crippen MR) is 93.8 cm³/mol. The van der Waals surface area contributed by atoms with Crippen LogP contribution in [0, 0.1) is 35.0 Å². The molecule has 4 bridgehead atoms. The van der Waals surface area contributed by atoms with Crippen molar-refractivity contribution < 1.29 is 9.59 Å². The van der Waals surface area contributed by atoms with Gasteiger partial charge in [-0.15, -0.1) is 0 Å². The standard InChI is InChI=1S/C20H26N4O2/c25-18(13-7-17-21-1-2-24(17)10-13)22-9-12-3-14(4-12)23-19(26)20-8-11-5-15(20)16(20)6-11/h1-2,11-16H,3-10H2,(H,22,25)(H,23,26). The molecule has 5 fully saturated rings. The van der Waals surface area contributed by atoms with Gasteiger partial charge in [0.1, 0.15) is 5.82 Å². The second-order valence-electron chi connectivity index (χ2n) is 9.44. The smallest absolute Gasteiger partial charge is 0.227 e. The summed E-state index contributed by atoms with van der Waals surface area (Å²) in [5.41, 5.74) is 0.0526. The first-order chi connectivity index (χ1) is 12.6. The van der Waals surface area contributed by atoms with E-state index >= 15 is 0 Å². The first-order valence-electron chi connectivity index (χ1n) is 10.2. The fourth-order valence-electron chi connectivity index (χ4n) is 6.67. The molecule has 26 heavy (non-hydrogen) atoms. The highest BCUT2D eigenvalue weighted by atomic mass is 16.2. The minimum atomic E-state index is 0.0223. The number of aromatic nitrogens is 2. The van der Waals surface area contributed by atoms with E-state index in [1.807, 2.05) is 6.20 Å². The summed E-state index contributed by atoms with van der Waals surface area (Å²) in [5, 5.41) is 6.43. The van der Waals surface area contributed by atoms with Crippen LogP contribution < -0.4 is 10.6 Å². The van der Waals surface area contributed by atoms with Crippen molar-refractivity contribution in [2.24, 2.45) is 35.0 Å². The third kappa shape index (κ3) is 2.01. The zero-order chi connectivity index (χ0) is 17.5. The monoisotopic (exact) mass is 354 g/mol. The highest BCUT2D eigenvalue weighted by Gasteiger charge is 2.78.